The second-order valence-corrected chi connectivity index (χ2v) is 4.11. The fourth-order valence-corrected chi connectivity index (χ4v) is 1.39. The van der Waals surface area contributed by atoms with Crippen LogP contribution < -0.4 is 48.0 Å². The molecule has 0 aliphatic carbocycles. The molecule has 2 aromatic rings. The average Bonchev–Trinajstić information content (AvgIpc) is 2.31. The predicted octanol–water partition coefficient (Wildman–Crippen LogP) is -4.93. The minimum Gasteiger partial charge on any atom is -0.321 e. The summed E-state index contributed by atoms with van der Waals surface area (Å²) in [7, 11) is 1.44. The molecule has 0 aromatic carbocycles. The van der Waals surface area contributed by atoms with Crippen LogP contribution in [-0.2, 0) is 14.1 Å². The van der Waals surface area contributed by atoms with E-state index in [2.05, 4.69) is 49.1 Å². The van der Waals surface area contributed by atoms with Crippen molar-refractivity contribution < 1.29 is 63.5 Å². The molecule has 0 radical (unpaired) electrons. The van der Waals surface area contributed by atoms with E-state index in [0.29, 0.717) is 0 Å². The van der Waals surface area contributed by atoms with Gasteiger partial charge < -0.3 is 9.32 Å². The Bertz CT molecular complexity index is 431. The van der Waals surface area contributed by atoms with Crippen molar-refractivity contribution in [2.75, 3.05) is 0 Å². The number of hydrogen-bond donors (Lipinski definition) is 1. The second kappa shape index (κ2) is 9.39. The first kappa shape index (κ1) is 18.5. The van der Waals surface area contributed by atoms with Crippen LogP contribution in [0.2, 0.25) is 0 Å². The smallest absolute Gasteiger partial charge is 0.321 e. The summed E-state index contributed by atoms with van der Waals surface area (Å²) in [6.45, 7) is 0. The van der Waals surface area contributed by atoms with E-state index in [9.17, 15) is 0 Å². The van der Waals surface area contributed by atoms with Crippen LogP contribution in [0.25, 0.3) is 11.1 Å². The normalized spacial score (nSPS) is 9.37. The fraction of sp³-hybridized carbons (Fsp3) is 0.167. The van der Waals surface area contributed by atoms with Crippen molar-refractivity contribution >= 4 is 0 Å². The summed E-state index contributed by atoms with van der Waals surface area (Å²) in [5.74, 6) is 0. The maximum atomic E-state index is 8.52. The SMILES string of the molecule is C[n+]1ccc(-c2cc[n+](C)cc2)cc1.[Na+].[O-][Cl+2]([O-])O. The molecule has 5 nitrogen and oxygen atoms in total. The molecule has 2 rings (SSSR count). The van der Waals surface area contributed by atoms with Crippen molar-refractivity contribution in [2.45, 2.75) is 0 Å². The minimum atomic E-state index is -2.60. The molecule has 0 saturated heterocycles. The summed E-state index contributed by atoms with van der Waals surface area (Å²) in [5.41, 5.74) is 2.51. The topological polar surface area (TPSA) is 74.1 Å². The molecule has 0 aliphatic heterocycles. The van der Waals surface area contributed by atoms with Crippen LogP contribution in [0.15, 0.2) is 49.1 Å². The van der Waals surface area contributed by atoms with E-state index in [1.54, 1.807) is 0 Å². The number of nitrogens with zero attached hydrogens (tertiary/aromatic N) is 2. The molecule has 0 aliphatic rings. The molecule has 96 valence electrons. The molecule has 0 fully saturated rings. The molecule has 0 amide bonds. The van der Waals surface area contributed by atoms with Crippen LogP contribution in [0.4, 0.5) is 0 Å². The number of aryl methyl sites for hydroxylation is 2. The van der Waals surface area contributed by atoms with E-state index >= 15 is 0 Å². The molecule has 1 N–H and O–H groups in total. The van der Waals surface area contributed by atoms with Crippen LogP contribution in [0, 0.1) is 10.8 Å². The van der Waals surface area contributed by atoms with Gasteiger partial charge in [-0.25, -0.2) is 9.13 Å². The zero-order chi connectivity index (χ0) is 13.5. The van der Waals surface area contributed by atoms with Gasteiger partial charge in [0.25, 0.3) is 10.8 Å². The summed E-state index contributed by atoms with van der Waals surface area (Å²) < 4.78 is 28.0. The Hall–Kier alpha value is -0.530. The van der Waals surface area contributed by atoms with E-state index in [1.807, 2.05) is 23.2 Å². The molecular formula is C12H15ClN2NaO3+3. The molecule has 2 heterocycles. The van der Waals surface area contributed by atoms with E-state index in [1.165, 1.54) is 11.1 Å². The molecule has 0 spiro atoms. The summed E-state index contributed by atoms with van der Waals surface area (Å²) in [5, 5.41) is 0. The first-order chi connectivity index (χ1) is 8.49. The molecule has 0 bridgehead atoms. The molecule has 7 heteroatoms. The predicted molar refractivity (Wildman–Crippen MR) is 56.4 cm³/mol. The van der Waals surface area contributed by atoms with Crippen molar-refractivity contribution in [1.29, 1.82) is 0 Å². The molecule has 0 saturated carbocycles. The molecule has 0 atom stereocenters. The summed E-state index contributed by atoms with van der Waals surface area (Å²) in [6.07, 6.45) is 8.23. The third-order valence-electron chi connectivity index (χ3n) is 2.29. The number of pyridine rings is 2. The van der Waals surface area contributed by atoms with E-state index in [0.717, 1.165) is 0 Å². The van der Waals surface area contributed by atoms with Gasteiger partial charge in [0, 0.05) is 28.9 Å². The van der Waals surface area contributed by atoms with Gasteiger partial charge in [-0.3, -0.25) is 0 Å². The Morgan fingerprint density at radius 2 is 1.05 bits per heavy atom. The monoisotopic (exact) mass is 293 g/mol. The largest absolute Gasteiger partial charge is 1.00 e. The Labute approximate surface area is 137 Å². The standard InChI is InChI=1S/C12H14N2.ClHO3.Na/c1-13-7-3-11(4-8-13)12-5-9-14(2)10-6-12;2-1(3)4;/h3-10H,1-2H3;2H;/q+2;;+1. The maximum Gasteiger partial charge on any atom is 1.00 e. The van der Waals surface area contributed by atoms with Gasteiger partial charge in [0.2, 0.25) is 0 Å². The van der Waals surface area contributed by atoms with Crippen LogP contribution >= 0.6 is 0 Å². The Morgan fingerprint density at radius 1 is 0.842 bits per heavy atom. The zero-order valence-corrected chi connectivity index (χ0v) is 13.9. The number of hydrogen-bond acceptors (Lipinski definition) is 3. The average molecular weight is 294 g/mol. The number of aromatic nitrogens is 2. The quantitative estimate of drug-likeness (QED) is 0.423. The summed E-state index contributed by atoms with van der Waals surface area (Å²) in [6, 6.07) is 8.48. The molecular weight excluding hydrogens is 279 g/mol. The third-order valence-corrected chi connectivity index (χ3v) is 2.29. The van der Waals surface area contributed by atoms with Gasteiger partial charge in [0.05, 0.1) is 0 Å². The van der Waals surface area contributed by atoms with Crippen LogP contribution in [0.5, 0.6) is 0 Å². The van der Waals surface area contributed by atoms with Gasteiger partial charge in [0.1, 0.15) is 14.1 Å². The summed E-state index contributed by atoms with van der Waals surface area (Å²) >= 11 is 0. The molecule has 19 heavy (non-hydrogen) atoms. The van der Waals surface area contributed by atoms with E-state index in [4.69, 9.17) is 14.0 Å². The van der Waals surface area contributed by atoms with Gasteiger partial charge in [-0.15, -0.1) is 0 Å². The zero-order valence-electron chi connectivity index (χ0n) is 11.2. The number of halogens is 1. The van der Waals surface area contributed by atoms with Crippen molar-refractivity contribution in [1.82, 2.24) is 0 Å². The maximum absolute atomic E-state index is 8.52. The van der Waals surface area contributed by atoms with Gasteiger partial charge in [-0.05, 0) is 11.1 Å². The number of rotatable bonds is 1. The van der Waals surface area contributed by atoms with Crippen LogP contribution in [-0.4, -0.2) is 4.66 Å². The van der Waals surface area contributed by atoms with Gasteiger partial charge >= 0.3 is 29.6 Å². The molecule has 2 aromatic heterocycles. The molecule has 0 unspecified atom stereocenters. The van der Waals surface area contributed by atoms with Gasteiger partial charge in [-0.2, -0.15) is 0 Å². The van der Waals surface area contributed by atoms with Crippen LogP contribution in [0.3, 0.4) is 0 Å². The summed E-state index contributed by atoms with van der Waals surface area (Å²) in [4.78, 5) is 0. The first-order valence-corrected chi connectivity index (χ1v) is 6.10. The van der Waals surface area contributed by atoms with Gasteiger partial charge in [-0.1, -0.05) is 0 Å². The van der Waals surface area contributed by atoms with Crippen molar-refractivity contribution in [2.24, 2.45) is 14.1 Å². The Balaban J connectivity index is 0.000000576. The van der Waals surface area contributed by atoms with Gasteiger partial charge in [0.15, 0.2) is 24.8 Å². The minimum absolute atomic E-state index is 0. The van der Waals surface area contributed by atoms with E-state index < -0.39 is 10.8 Å². The first-order valence-electron chi connectivity index (χ1n) is 5.14. The fourth-order valence-electron chi connectivity index (χ4n) is 1.39. The third kappa shape index (κ3) is 7.59. The van der Waals surface area contributed by atoms with Crippen molar-refractivity contribution in [3.05, 3.63) is 49.1 Å². The van der Waals surface area contributed by atoms with Crippen LogP contribution in [0.1, 0.15) is 0 Å². The Kier molecular flexibility index (Phi) is 9.12. The van der Waals surface area contributed by atoms with Crippen molar-refractivity contribution in [3.8, 4) is 11.1 Å². The van der Waals surface area contributed by atoms with E-state index in [-0.39, 0.29) is 29.6 Å². The Morgan fingerprint density at radius 3 is 1.26 bits per heavy atom. The van der Waals surface area contributed by atoms with Crippen molar-refractivity contribution in [3.63, 3.8) is 0 Å². The second-order valence-electron chi connectivity index (χ2n) is 3.71.